The first-order valence-electron chi connectivity index (χ1n) is 12.1. The van der Waals surface area contributed by atoms with Crippen molar-refractivity contribution in [2.75, 3.05) is 19.0 Å². The summed E-state index contributed by atoms with van der Waals surface area (Å²) < 4.78 is 34.7. The molecular formula is C22H33Cl2FN3O9PS2. The second-order valence-corrected chi connectivity index (χ2v) is 15.9. The average Bonchev–Trinajstić information content (AvgIpc) is 3.05. The van der Waals surface area contributed by atoms with Gasteiger partial charge in [0.1, 0.15) is 18.2 Å². The van der Waals surface area contributed by atoms with E-state index in [1.165, 1.54) is 6.92 Å². The Balaban J connectivity index is 2.19. The third kappa shape index (κ3) is 9.32. The monoisotopic (exact) mass is 667 g/mol. The van der Waals surface area contributed by atoms with E-state index in [1.807, 2.05) is 0 Å². The van der Waals surface area contributed by atoms with Crippen LogP contribution in [0.5, 0.6) is 0 Å². The number of hydrogen-bond acceptors (Lipinski definition) is 11. The SMILES string of the molecule is CC(C)OC(=O)C(C)NP(=S)(OCCSC(=O)C(C)(C)C)OCC1OC(n2cc(F)c(=O)[nH]c2=O)C(Cl)(Cl)C1O. The van der Waals surface area contributed by atoms with Crippen LogP contribution in [0.2, 0.25) is 0 Å². The van der Waals surface area contributed by atoms with Crippen LogP contribution in [0.3, 0.4) is 0 Å². The number of esters is 1. The minimum Gasteiger partial charge on any atom is -0.462 e. The molecule has 1 aromatic heterocycles. The Kier molecular flexibility index (Phi) is 12.4. The average molecular weight is 669 g/mol. The van der Waals surface area contributed by atoms with Gasteiger partial charge in [-0.15, -0.1) is 0 Å². The number of rotatable bonds is 12. The highest BCUT2D eigenvalue weighted by Gasteiger charge is 2.56. The lowest BCUT2D eigenvalue weighted by molar-refractivity contribution is -0.149. The van der Waals surface area contributed by atoms with Gasteiger partial charge < -0.3 is 23.6 Å². The fourth-order valence-corrected chi connectivity index (χ4v) is 7.02. The number of aliphatic hydroxyl groups is 1. The van der Waals surface area contributed by atoms with Crippen LogP contribution in [0, 0.1) is 11.2 Å². The normalized spacial score (nSPS) is 23.1. The van der Waals surface area contributed by atoms with Gasteiger partial charge in [-0.25, -0.2) is 9.88 Å². The molecule has 12 nitrogen and oxygen atoms in total. The van der Waals surface area contributed by atoms with E-state index < -0.39 is 76.6 Å². The Labute approximate surface area is 249 Å². The Morgan fingerprint density at radius 2 is 1.95 bits per heavy atom. The number of ether oxygens (including phenoxy) is 2. The lowest BCUT2D eigenvalue weighted by atomic mass is 10.00. The van der Waals surface area contributed by atoms with Crippen molar-refractivity contribution in [3.8, 4) is 0 Å². The fraction of sp³-hybridized carbons (Fsp3) is 0.727. The second-order valence-electron chi connectivity index (χ2n) is 10.1. The van der Waals surface area contributed by atoms with Crippen LogP contribution in [0.25, 0.3) is 0 Å². The first-order chi connectivity index (χ1) is 18.3. The fourth-order valence-electron chi connectivity index (χ4n) is 3.16. The minimum absolute atomic E-state index is 0.0274. The van der Waals surface area contributed by atoms with Crippen molar-refractivity contribution >= 4 is 64.5 Å². The number of nitrogens with one attached hydrogen (secondary N) is 2. The van der Waals surface area contributed by atoms with Crippen molar-refractivity contribution in [3.05, 3.63) is 32.9 Å². The molecule has 3 N–H and O–H groups in total. The van der Waals surface area contributed by atoms with Crippen molar-refractivity contribution in [2.24, 2.45) is 5.41 Å². The molecule has 0 spiro atoms. The Morgan fingerprint density at radius 3 is 2.52 bits per heavy atom. The maximum Gasteiger partial charge on any atom is 0.330 e. The van der Waals surface area contributed by atoms with Crippen molar-refractivity contribution in [1.82, 2.24) is 14.6 Å². The molecule has 0 saturated carbocycles. The summed E-state index contributed by atoms with van der Waals surface area (Å²) in [5, 5.41) is 13.5. The van der Waals surface area contributed by atoms with Gasteiger partial charge in [0.25, 0.3) is 12.2 Å². The molecule has 228 valence electrons. The van der Waals surface area contributed by atoms with Crippen LogP contribution in [0.1, 0.15) is 47.8 Å². The molecule has 1 saturated heterocycles. The topological polar surface area (TPSA) is 158 Å². The molecule has 0 amide bonds. The number of alkyl halides is 2. The van der Waals surface area contributed by atoms with E-state index in [0.29, 0.717) is 10.8 Å². The van der Waals surface area contributed by atoms with Crippen LogP contribution in [0.4, 0.5) is 4.39 Å². The number of aromatic amines is 1. The van der Waals surface area contributed by atoms with Crippen LogP contribution in [-0.2, 0) is 39.9 Å². The van der Waals surface area contributed by atoms with Gasteiger partial charge in [-0.3, -0.25) is 23.9 Å². The van der Waals surface area contributed by atoms with Crippen LogP contribution in [0.15, 0.2) is 15.8 Å². The van der Waals surface area contributed by atoms with E-state index >= 15 is 0 Å². The number of carbonyl (C=O) groups excluding carboxylic acids is 2. The highest BCUT2D eigenvalue weighted by Crippen LogP contribution is 2.49. The van der Waals surface area contributed by atoms with Gasteiger partial charge >= 0.3 is 11.7 Å². The number of aromatic nitrogens is 2. The molecule has 0 radical (unpaired) electrons. The molecule has 1 aromatic rings. The van der Waals surface area contributed by atoms with Crippen LogP contribution >= 0.6 is 41.6 Å². The van der Waals surface area contributed by atoms with E-state index in [-0.39, 0.29) is 17.5 Å². The zero-order chi connectivity index (χ0) is 30.6. The molecule has 1 fully saturated rings. The summed E-state index contributed by atoms with van der Waals surface area (Å²) in [5.74, 6) is -1.69. The molecule has 18 heteroatoms. The second kappa shape index (κ2) is 14.1. The summed E-state index contributed by atoms with van der Waals surface area (Å²) in [6, 6.07) is -0.956. The molecule has 1 aliphatic rings. The van der Waals surface area contributed by atoms with E-state index in [4.69, 9.17) is 53.5 Å². The van der Waals surface area contributed by atoms with Crippen molar-refractivity contribution in [3.63, 3.8) is 0 Å². The third-order valence-electron chi connectivity index (χ3n) is 5.21. The van der Waals surface area contributed by atoms with E-state index in [0.717, 1.165) is 11.8 Å². The standard InChI is InChI=1S/C22H33Cl2FN3O9PS2/c1-11(2)36-17(31)12(3)27-38(39,34-7-8-40-19(32)21(4,5)6)35-10-14-15(29)22(23,24)18(37-14)28-9-13(25)16(30)26-20(28)33/h9,11-12,14-15,18,29H,7-8,10H2,1-6H3,(H,27,39)(H,26,30,33). The first kappa shape index (κ1) is 35.3. The van der Waals surface area contributed by atoms with E-state index in [9.17, 15) is 28.7 Å². The maximum absolute atomic E-state index is 13.9. The smallest absolute Gasteiger partial charge is 0.330 e. The number of carbonyl (C=O) groups is 2. The molecule has 0 aliphatic carbocycles. The predicted molar refractivity (Wildman–Crippen MR) is 153 cm³/mol. The number of thioether (sulfide) groups is 1. The minimum atomic E-state index is -3.51. The van der Waals surface area contributed by atoms with Gasteiger partial charge in [-0.2, -0.15) is 4.39 Å². The number of halogens is 3. The predicted octanol–water partition coefficient (Wildman–Crippen LogP) is 2.60. The van der Waals surface area contributed by atoms with E-state index in [1.54, 1.807) is 39.6 Å². The highest BCUT2D eigenvalue weighted by atomic mass is 35.5. The zero-order valence-electron chi connectivity index (χ0n) is 22.6. The van der Waals surface area contributed by atoms with Gasteiger partial charge in [-0.05, 0) is 32.6 Å². The molecule has 1 aliphatic heterocycles. The van der Waals surface area contributed by atoms with Gasteiger partial charge in [-0.1, -0.05) is 55.7 Å². The Morgan fingerprint density at radius 1 is 1.32 bits per heavy atom. The Hall–Kier alpha value is -0.870. The molecule has 0 aromatic carbocycles. The Bertz CT molecular complexity index is 1240. The molecule has 5 unspecified atom stereocenters. The maximum atomic E-state index is 13.9. The molecule has 40 heavy (non-hydrogen) atoms. The largest absolute Gasteiger partial charge is 0.462 e. The van der Waals surface area contributed by atoms with E-state index in [2.05, 4.69) is 5.09 Å². The van der Waals surface area contributed by atoms with Gasteiger partial charge in [0.2, 0.25) is 5.82 Å². The third-order valence-corrected chi connectivity index (χ3v) is 9.94. The molecule has 5 atom stereocenters. The van der Waals surface area contributed by atoms with Gasteiger partial charge in [0, 0.05) is 11.2 Å². The number of aliphatic hydroxyl groups excluding tert-OH is 1. The summed E-state index contributed by atoms with van der Waals surface area (Å²) in [7, 11) is 0. The number of H-pyrrole nitrogens is 1. The van der Waals surface area contributed by atoms with Gasteiger partial charge in [0.15, 0.2) is 15.7 Å². The zero-order valence-corrected chi connectivity index (χ0v) is 26.7. The summed E-state index contributed by atoms with van der Waals surface area (Å²) in [5.41, 5.74) is -2.90. The van der Waals surface area contributed by atoms with Gasteiger partial charge in [0.05, 0.1) is 25.5 Å². The summed E-state index contributed by atoms with van der Waals surface area (Å²) in [4.78, 5) is 50.0. The molecular weight excluding hydrogens is 635 g/mol. The summed E-state index contributed by atoms with van der Waals surface area (Å²) in [6.07, 6.45) is -4.44. The highest BCUT2D eigenvalue weighted by molar-refractivity contribution is 8.13. The van der Waals surface area contributed by atoms with Crippen molar-refractivity contribution in [1.29, 1.82) is 0 Å². The van der Waals surface area contributed by atoms with Crippen LogP contribution in [-0.4, -0.2) is 73.4 Å². The summed E-state index contributed by atoms with van der Waals surface area (Å²) >= 11 is 19.2. The number of hydrogen-bond donors (Lipinski definition) is 3. The number of nitrogens with zero attached hydrogens (tertiary/aromatic N) is 1. The molecule has 0 bridgehead atoms. The lowest BCUT2D eigenvalue weighted by Gasteiger charge is -2.28. The first-order valence-corrected chi connectivity index (χ1v) is 16.4. The molecule has 2 rings (SSSR count). The van der Waals surface area contributed by atoms with Crippen molar-refractivity contribution < 1.29 is 37.6 Å². The summed E-state index contributed by atoms with van der Waals surface area (Å²) in [6.45, 7) is 6.18. The van der Waals surface area contributed by atoms with Crippen LogP contribution < -0.4 is 16.3 Å². The molecule has 2 heterocycles. The lowest BCUT2D eigenvalue weighted by Crippen LogP contribution is -2.42. The van der Waals surface area contributed by atoms with Crippen molar-refractivity contribution in [2.45, 2.75) is 76.5 Å². The quantitative estimate of drug-likeness (QED) is 0.130.